The third-order valence-electron chi connectivity index (χ3n) is 17.3. The minimum Gasteiger partial charge on any atom is -0.507 e. The lowest BCUT2D eigenvalue weighted by atomic mass is 9.78. The summed E-state index contributed by atoms with van der Waals surface area (Å²) in [5.41, 5.74) is 2.99. The molecule has 10 atom stereocenters. The Hall–Kier alpha value is -7.00. The zero-order valence-corrected chi connectivity index (χ0v) is 47.4. The van der Waals surface area contributed by atoms with Gasteiger partial charge in [0.1, 0.15) is 23.4 Å². The van der Waals surface area contributed by atoms with Crippen molar-refractivity contribution < 1.29 is 63.3 Å². The zero-order chi connectivity index (χ0) is 58.0. The molecule has 1 amide bonds. The van der Waals surface area contributed by atoms with Crippen LogP contribution >= 0.6 is 0 Å². The van der Waals surface area contributed by atoms with E-state index in [0.717, 1.165) is 35.9 Å². The molecule has 2 aromatic carbocycles. The van der Waals surface area contributed by atoms with Gasteiger partial charge in [0, 0.05) is 112 Å². The second-order valence-electron chi connectivity index (χ2n) is 22.8. The number of ketones is 1. The Labute approximate surface area is 464 Å². The highest BCUT2D eigenvalue weighted by Gasteiger charge is 2.50. The topological polar surface area (TPSA) is 245 Å². The first kappa shape index (κ1) is 57.7. The molecule has 1 unspecified atom stereocenters. The normalized spacial score (nSPS) is 29.7. The van der Waals surface area contributed by atoms with Crippen molar-refractivity contribution >= 4 is 51.5 Å². The third-order valence-corrected chi connectivity index (χ3v) is 17.3. The van der Waals surface area contributed by atoms with Crippen LogP contribution in [0.4, 0.5) is 15.8 Å². The Kier molecular flexibility index (Phi) is 16.2. The Morgan fingerprint density at radius 3 is 2.25 bits per heavy atom. The number of rotatable bonds is 7. The summed E-state index contributed by atoms with van der Waals surface area (Å²) in [5.74, 6) is -8.84. The van der Waals surface area contributed by atoms with Crippen LogP contribution in [0.1, 0.15) is 112 Å². The van der Waals surface area contributed by atoms with Crippen LogP contribution in [-0.2, 0) is 23.8 Å². The minimum absolute atomic E-state index is 0.0263. The van der Waals surface area contributed by atoms with Crippen molar-refractivity contribution in [2.24, 2.45) is 28.8 Å². The molecular weight excluding hydrogens is 1030 g/mol. The quantitative estimate of drug-likeness (QED) is 0.0463. The summed E-state index contributed by atoms with van der Waals surface area (Å²) in [6, 6.07) is 2.07. The summed E-state index contributed by atoms with van der Waals surface area (Å²) in [7, 11) is 1.43. The van der Waals surface area contributed by atoms with E-state index in [1.165, 1.54) is 70.0 Å². The van der Waals surface area contributed by atoms with E-state index in [4.69, 9.17) is 24.0 Å². The van der Waals surface area contributed by atoms with Crippen LogP contribution in [0.15, 0.2) is 58.3 Å². The number of fused-ring (bicyclic) bond motifs is 15. The number of phenolic OH excluding ortho intramolecular Hbond substituents is 3. The maximum atomic E-state index is 16.1. The lowest BCUT2D eigenvalue weighted by Gasteiger charge is -2.38. The number of carbonyl (C=O) groups is 3. The number of piperazine rings is 1. The van der Waals surface area contributed by atoms with Gasteiger partial charge in [0.2, 0.25) is 0 Å². The van der Waals surface area contributed by atoms with Gasteiger partial charge in [0.05, 0.1) is 70.4 Å². The summed E-state index contributed by atoms with van der Waals surface area (Å²) in [4.78, 5) is 58.9. The standard InChI is InChI=1S/C60H75FN6O13/c1-29-13-12-14-30(2)58(75)63-47-41(26-62-66-22-20-64(21-23-66)39-17-19-65(27-39)49-33(5)48-40(38-15-16-38)25-31(3)59(76)67(48)28-42(49)61)53(72)44-45(54(47)73)52(71)36(8)56-46(44)57(74)60(10,80-56)78-24-18-43(77-11)32(4)55(79-37(9)68)35(7)51(70)34(6)50(29)69/h12-14,18,24-26,28-29,32,34-35,38-39,43,50-51,55,69-73H,15-17,19-23,27H2,1-11H3,(H,63,75)/b13-12+,24-18+,30-14-,62-26-/t29-,32+,34+,35+,39?,43-,50-,51+,55+,60-/m0/s1. The van der Waals surface area contributed by atoms with Crippen molar-refractivity contribution in [3.05, 3.63) is 98.0 Å². The molecule has 4 aromatic rings. The van der Waals surface area contributed by atoms with Gasteiger partial charge in [-0.05, 0) is 76.1 Å². The first-order chi connectivity index (χ1) is 37.9. The van der Waals surface area contributed by atoms with Gasteiger partial charge in [-0.3, -0.25) is 33.5 Å². The molecule has 0 spiro atoms. The number of ether oxygens (including phenoxy) is 4. The number of benzene rings is 2. The molecule has 5 bridgehead atoms. The molecule has 7 heterocycles. The molecule has 2 saturated heterocycles. The largest absolute Gasteiger partial charge is 0.507 e. The van der Waals surface area contributed by atoms with Crippen molar-refractivity contribution in [2.45, 2.75) is 131 Å². The molecule has 2 aromatic heterocycles. The number of allylic oxidation sites excluding steroid dienone is 2. The number of aliphatic hydroxyl groups is 2. The lowest BCUT2D eigenvalue weighted by Crippen LogP contribution is -2.49. The monoisotopic (exact) mass is 1110 g/mol. The summed E-state index contributed by atoms with van der Waals surface area (Å²) >= 11 is 0. The first-order valence-electron chi connectivity index (χ1n) is 27.6. The predicted octanol–water partition coefficient (Wildman–Crippen LogP) is 7.23. The molecule has 1 aliphatic carbocycles. The highest BCUT2D eigenvalue weighted by molar-refractivity contribution is 6.24. The average Bonchev–Trinajstić information content (AvgIpc) is 4.29. The van der Waals surface area contributed by atoms with E-state index in [-0.39, 0.29) is 56.1 Å². The van der Waals surface area contributed by atoms with E-state index in [9.17, 15) is 44.7 Å². The number of phenols is 3. The Morgan fingerprint density at radius 1 is 0.887 bits per heavy atom. The molecule has 6 N–H and O–H groups in total. The summed E-state index contributed by atoms with van der Waals surface area (Å²) in [5, 5.41) is 68.3. The molecule has 6 aliphatic rings. The third kappa shape index (κ3) is 10.5. The second kappa shape index (κ2) is 22.5. The highest BCUT2D eigenvalue weighted by atomic mass is 19.1. The maximum Gasteiger partial charge on any atom is 0.312 e. The van der Waals surface area contributed by atoms with Crippen molar-refractivity contribution in [3.63, 3.8) is 0 Å². The van der Waals surface area contributed by atoms with E-state index >= 15 is 4.39 Å². The first-order valence-corrected chi connectivity index (χ1v) is 27.6. The van der Waals surface area contributed by atoms with Gasteiger partial charge in [-0.2, -0.15) is 5.10 Å². The van der Waals surface area contributed by atoms with Crippen LogP contribution in [0.25, 0.3) is 16.3 Å². The van der Waals surface area contributed by atoms with E-state index < -0.39 is 94.6 Å². The number of hydrazone groups is 1. The van der Waals surface area contributed by atoms with E-state index in [1.807, 2.05) is 13.0 Å². The highest BCUT2D eigenvalue weighted by Crippen LogP contribution is 2.55. The van der Waals surface area contributed by atoms with Gasteiger partial charge < -0.3 is 54.7 Å². The van der Waals surface area contributed by atoms with Gasteiger partial charge >= 0.3 is 11.8 Å². The van der Waals surface area contributed by atoms with Crippen molar-refractivity contribution in [3.8, 4) is 23.0 Å². The number of anilines is 2. The fourth-order valence-electron chi connectivity index (χ4n) is 12.3. The number of esters is 1. The molecule has 0 radical (unpaired) electrons. The number of carbonyl (C=O) groups excluding carboxylic acids is 3. The van der Waals surface area contributed by atoms with Gasteiger partial charge in [-0.1, -0.05) is 45.9 Å². The lowest BCUT2D eigenvalue weighted by molar-refractivity contribution is -0.160. The van der Waals surface area contributed by atoms with Crippen LogP contribution in [-0.4, -0.2) is 146 Å². The average molecular weight is 1110 g/mol. The number of hydrogen-bond acceptors (Lipinski definition) is 17. The maximum absolute atomic E-state index is 16.1. The molecule has 430 valence electrons. The van der Waals surface area contributed by atoms with E-state index in [2.05, 4.69) is 15.1 Å². The van der Waals surface area contributed by atoms with Crippen LogP contribution < -0.4 is 20.5 Å². The number of halogens is 1. The Morgan fingerprint density at radius 2 is 1.59 bits per heavy atom. The summed E-state index contributed by atoms with van der Waals surface area (Å²) < 4.78 is 41.4. The fraction of sp³-hybridized carbons (Fsp3) is 0.517. The fourth-order valence-corrected chi connectivity index (χ4v) is 12.3. The zero-order valence-electron chi connectivity index (χ0n) is 47.4. The van der Waals surface area contributed by atoms with Crippen molar-refractivity contribution in [1.29, 1.82) is 0 Å². The Balaban J connectivity index is 1.03. The summed E-state index contributed by atoms with van der Waals surface area (Å²) in [6.45, 7) is 19.4. The number of aliphatic hydroxyl groups excluding tert-OH is 2. The number of nitrogens with zero attached hydrogens (tertiary/aromatic N) is 5. The van der Waals surface area contributed by atoms with Crippen LogP contribution in [0, 0.1) is 50.3 Å². The molecule has 80 heavy (non-hydrogen) atoms. The number of nitrogens with one attached hydrogen (secondary N) is 1. The smallest absolute Gasteiger partial charge is 0.312 e. The molecule has 1 saturated carbocycles. The number of aromatic hydroxyl groups is 3. The van der Waals surface area contributed by atoms with Gasteiger partial charge in [-0.25, -0.2) is 4.39 Å². The van der Waals surface area contributed by atoms with E-state index in [1.54, 1.807) is 51.8 Å². The SMILES string of the molecule is CO[C@H]1/C=C/O[C@@]2(C)Oc3c(C)c(O)c4c(O)c(c(/C=N\N5CCN(C6CCN(c7c(F)cn8c(=O)c(C)cc(C9CC9)c8c7C)C6)CC5)c(O)c4c3C2=O)NC(=O)/C(C)=C\C=C\[C@H](C)[C@H](O)[C@@H](C)[C@@H](O)[C@@H](C)[C@H](OC(C)=O)[C@@H]1C. The number of methoxy groups -OCH3 is 1. The second-order valence-corrected chi connectivity index (χ2v) is 22.8. The number of aryl methyl sites for hydroxylation is 2. The van der Waals surface area contributed by atoms with Crippen molar-refractivity contribution in [1.82, 2.24) is 14.3 Å². The van der Waals surface area contributed by atoms with Gasteiger partial charge in [0.25, 0.3) is 17.2 Å². The molecule has 10 rings (SSSR count). The number of pyridine rings is 2. The van der Waals surface area contributed by atoms with Crippen LogP contribution in [0.3, 0.4) is 0 Å². The molecular formula is C60H75FN6O13. The Bertz CT molecular complexity index is 3320. The van der Waals surface area contributed by atoms with Gasteiger partial charge in [-0.15, -0.1) is 0 Å². The van der Waals surface area contributed by atoms with Crippen LogP contribution in [0.5, 0.6) is 23.0 Å². The number of amides is 1. The van der Waals surface area contributed by atoms with Crippen LogP contribution in [0.2, 0.25) is 0 Å². The molecule has 19 nitrogen and oxygen atoms in total. The number of hydrogen-bond donors (Lipinski definition) is 6. The predicted molar refractivity (Wildman–Crippen MR) is 300 cm³/mol. The van der Waals surface area contributed by atoms with Gasteiger partial charge in [0.15, 0.2) is 11.6 Å². The number of Topliss-reactive ketones (excluding diaryl/α,β-unsaturated/α-hetero) is 1. The molecule has 20 heteroatoms. The minimum atomic E-state index is -2.10. The van der Waals surface area contributed by atoms with Crippen molar-refractivity contribution in [2.75, 3.05) is 56.6 Å². The number of aromatic nitrogens is 1. The molecule has 5 aliphatic heterocycles. The molecule has 3 fully saturated rings. The summed E-state index contributed by atoms with van der Waals surface area (Å²) in [6.07, 6.45) is 8.90. The van der Waals surface area contributed by atoms with E-state index in [0.29, 0.717) is 56.4 Å².